The first-order chi connectivity index (χ1) is 15.2. The van der Waals surface area contributed by atoms with Crippen molar-refractivity contribution in [2.45, 2.75) is 19.4 Å². The van der Waals surface area contributed by atoms with E-state index in [0.29, 0.717) is 11.2 Å². The smallest absolute Gasteiger partial charge is 0.419 e. The topological polar surface area (TPSA) is 177 Å². The van der Waals surface area contributed by atoms with Crippen LogP contribution in [0.4, 0.5) is 17.1 Å². The third kappa shape index (κ3) is 5.33. The van der Waals surface area contributed by atoms with Crippen molar-refractivity contribution in [3.8, 4) is 0 Å². The van der Waals surface area contributed by atoms with Crippen molar-refractivity contribution in [3.63, 3.8) is 0 Å². The van der Waals surface area contributed by atoms with Gasteiger partial charge in [-0.25, -0.2) is 4.79 Å². The van der Waals surface area contributed by atoms with Crippen molar-refractivity contribution < 1.29 is 28.6 Å². The fourth-order valence-electron chi connectivity index (χ4n) is 2.84. The number of esters is 1. The number of oxazole rings is 1. The fourth-order valence-corrected chi connectivity index (χ4v) is 2.84. The SMILES string of the molecule is O=C(COC(=O)CCCn1c(=O)oc2cc([N+](=O)[O-])ccc21)Nc1ccc([N+](=O)[O-])cc1. The normalized spacial score (nSPS) is 10.6. The van der Waals surface area contributed by atoms with Gasteiger partial charge in [0.1, 0.15) is 0 Å². The molecule has 0 radical (unpaired) electrons. The van der Waals surface area contributed by atoms with Gasteiger partial charge < -0.3 is 14.5 Å². The second kappa shape index (κ2) is 9.51. The lowest BCUT2D eigenvalue weighted by molar-refractivity contribution is -0.385. The number of hydrogen-bond donors (Lipinski definition) is 1. The van der Waals surface area contributed by atoms with E-state index in [1.54, 1.807) is 0 Å². The van der Waals surface area contributed by atoms with Crippen LogP contribution in [0.1, 0.15) is 12.8 Å². The number of fused-ring (bicyclic) bond motifs is 1. The van der Waals surface area contributed by atoms with Crippen LogP contribution in [0.25, 0.3) is 11.1 Å². The lowest BCUT2D eigenvalue weighted by atomic mass is 10.2. The van der Waals surface area contributed by atoms with Crippen LogP contribution in [0, 0.1) is 20.2 Å². The van der Waals surface area contributed by atoms with Crippen LogP contribution in [-0.2, 0) is 20.9 Å². The predicted molar refractivity (Wildman–Crippen MR) is 109 cm³/mol. The van der Waals surface area contributed by atoms with Gasteiger partial charge >= 0.3 is 11.7 Å². The van der Waals surface area contributed by atoms with Crippen molar-refractivity contribution in [1.29, 1.82) is 0 Å². The summed E-state index contributed by atoms with van der Waals surface area (Å²) in [6.07, 6.45) is 0.116. The summed E-state index contributed by atoms with van der Waals surface area (Å²) < 4.78 is 11.1. The first-order valence-corrected chi connectivity index (χ1v) is 9.22. The van der Waals surface area contributed by atoms with Crippen LogP contribution < -0.4 is 11.1 Å². The third-order valence-corrected chi connectivity index (χ3v) is 4.35. The number of amides is 1. The number of aromatic nitrogens is 1. The Bertz CT molecular complexity index is 1240. The van der Waals surface area contributed by atoms with Gasteiger partial charge in [-0.1, -0.05) is 0 Å². The highest BCUT2D eigenvalue weighted by atomic mass is 16.6. The van der Waals surface area contributed by atoms with Crippen molar-refractivity contribution in [2.24, 2.45) is 0 Å². The van der Waals surface area contributed by atoms with Crippen molar-refractivity contribution >= 4 is 40.0 Å². The molecule has 0 unspecified atom stereocenters. The number of carbonyl (C=O) groups is 2. The van der Waals surface area contributed by atoms with Crippen LogP contribution in [0.5, 0.6) is 0 Å². The maximum atomic E-state index is 12.0. The highest BCUT2D eigenvalue weighted by Crippen LogP contribution is 2.20. The lowest BCUT2D eigenvalue weighted by Gasteiger charge is -2.07. The molecule has 0 aliphatic carbocycles. The zero-order chi connectivity index (χ0) is 23.3. The molecule has 166 valence electrons. The summed E-state index contributed by atoms with van der Waals surface area (Å²) in [4.78, 5) is 55.9. The average molecular weight is 444 g/mol. The van der Waals surface area contributed by atoms with Crippen molar-refractivity contribution in [3.05, 3.63) is 73.2 Å². The first-order valence-electron chi connectivity index (χ1n) is 9.22. The number of rotatable bonds is 9. The van der Waals surface area contributed by atoms with Crippen LogP contribution in [0.15, 0.2) is 51.7 Å². The van der Waals surface area contributed by atoms with Crippen molar-refractivity contribution in [1.82, 2.24) is 4.57 Å². The Hall–Kier alpha value is -4.55. The van der Waals surface area contributed by atoms with Crippen LogP contribution in [-0.4, -0.2) is 32.9 Å². The van der Waals surface area contributed by atoms with E-state index in [1.807, 2.05) is 0 Å². The Morgan fingerprint density at radius 2 is 1.69 bits per heavy atom. The minimum absolute atomic E-state index is 0.0645. The molecule has 0 fully saturated rings. The van der Waals surface area contributed by atoms with E-state index in [1.165, 1.54) is 41.0 Å². The molecule has 2 aromatic carbocycles. The molecule has 0 aliphatic heterocycles. The molecule has 3 aromatic rings. The van der Waals surface area contributed by atoms with Crippen LogP contribution in [0.2, 0.25) is 0 Å². The summed E-state index contributed by atoms with van der Waals surface area (Å²) in [7, 11) is 0. The number of nitrogens with one attached hydrogen (secondary N) is 1. The molecule has 1 aromatic heterocycles. The molecule has 0 spiro atoms. The third-order valence-electron chi connectivity index (χ3n) is 4.35. The molecule has 1 N–H and O–H groups in total. The maximum absolute atomic E-state index is 12.0. The summed E-state index contributed by atoms with van der Waals surface area (Å²) in [5.74, 6) is -2.00. The zero-order valence-electron chi connectivity index (χ0n) is 16.4. The zero-order valence-corrected chi connectivity index (χ0v) is 16.4. The van der Waals surface area contributed by atoms with Gasteiger partial charge in [-0.2, -0.15) is 0 Å². The molecule has 13 nitrogen and oxygen atoms in total. The molecule has 32 heavy (non-hydrogen) atoms. The molecular formula is C19H16N4O9. The van der Waals surface area contributed by atoms with E-state index in [9.17, 15) is 34.6 Å². The lowest BCUT2D eigenvalue weighted by Crippen LogP contribution is -2.21. The number of carbonyl (C=O) groups excluding carboxylic acids is 2. The van der Waals surface area contributed by atoms with Crippen molar-refractivity contribution in [2.75, 3.05) is 11.9 Å². The van der Waals surface area contributed by atoms with Gasteiger partial charge in [0, 0.05) is 36.9 Å². The molecule has 0 bridgehead atoms. The molecule has 1 heterocycles. The second-order valence-electron chi connectivity index (χ2n) is 6.55. The number of hydrogen-bond acceptors (Lipinski definition) is 9. The van der Waals surface area contributed by atoms with Gasteiger partial charge in [0.2, 0.25) is 0 Å². The largest absolute Gasteiger partial charge is 0.456 e. The molecule has 0 aliphatic rings. The molecule has 0 saturated heterocycles. The Labute approximate surface area is 178 Å². The minimum Gasteiger partial charge on any atom is -0.456 e. The average Bonchev–Trinajstić information content (AvgIpc) is 3.07. The van der Waals surface area contributed by atoms with E-state index in [0.717, 1.165) is 6.07 Å². The Balaban J connectivity index is 1.46. The van der Waals surface area contributed by atoms with Gasteiger partial charge in [-0.15, -0.1) is 0 Å². The summed E-state index contributed by atoms with van der Waals surface area (Å²) >= 11 is 0. The fraction of sp³-hybridized carbons (Fsp3) is 0.211. The van der Waals surface area contributed by atoms with Crippen LogP contribution in [0.3, 0.4) is 0 Å². The van der Waals surface area contributed by atoms with Gasteiger partial charge in [0.15, 0.2) is 12.2 Å². The van der Waals surface area contributed by atoms with E-state index in [-0.39, 0.29) is 36.3 Å². The number of anilines is 1. The predicted octanol–water partition coefficient (Wildman–Crippen LogP) is 2.37. The standard InChI is InChI=1S/C19H16N4O9/c24-17(20-12-3-5-13(6-4-12)22(27)28)11-31-18(25)2-1-9-21-15-8-7-14(23(29)30)10-16(15)32-19(21)26/h3-8,10H,1-2,9,11H2,(H,20,24). The number of ether oxygens (including phenoxy) is 1. The Kier molecular flexibility index (Phi) is 6.58. The molecule has 13 heteroatoms. The molecular weight excluding hydrogens is 428 g/mol. The van der Waals surface area contributed by atoms with E-state index in [4.69, 9.17) is 9.15 Å². The first kappa shape index (κ1) is 22.1. The van der Waals surface area contributed by atoms with E-state index in [2.05, 4.69) is 5.32 Å². The summed E-state index contributed by atoms with van der Waals surface area (Å²) in [6.45, 7) is -0.443. The number of nitro groups is 2. The van der Waals surface area contributed by atoms with E-state index >= 15 is 0 Å². The quantitative estimate of drug-likeness (QED) is 0.295. The van der Waals surface area contributed by atoms with E-state index < -0.39 is 34.1 Å². The maximum Gasteiger partial charge on any atom is 0.419 e. The molecule has 0 saturated carbocycles. The number of non-ortho nitro benzene ring substituents is 2. The Morgan fingerprint density at radius 1 is 1.03 bits per heavy atom. The number of benzene rings is 2. The number of aryl methyl sites for hydroxylation is 1. The molecule has 0 atom stereocenters. The van der Waals surface area contributed by atoms with Gasteiger partial charge in [-0.3, -0.25) is 34.4 Å². The molecule has 1 amide bonds. The Morgan fingerprint density at radius 3 is 2.34 bits per heavy atom. The minimum atomic E-state index is -0.712. The van der Waals surface area contributed by atoms with Gasteiger partial charge in [0.05, 0.1) is 21.4 Å². The monoisotopic (exact) mass is 444 g/mol. The second-order valence-corrected chi connectivity index (χ2v) is 6.55. The highest BCUT2D eigenvalue weighted by molar-refractivity contribution is 5.92. The number of nitro benzene ring substituents is 2. The number of nitrogens with zero attached hydrogens (tertiary/aromatic N) is 3. The highest BCUT2D eigenvalue weighted by Gasteiger charge is 2.15. The summed E-state index contributed by atoms with van der Waals surface area (Å²) in [5.41, 5.74) is 0.389. The van der Waals surface area contributed by atoms with Gasteiger partial charge in [0.25, 0.3) is 17.3 Å². The summed E-state index contributed by atoms with van der Waals surface area (Å²) in [6, 6.07) is 8.91. The van der Waals surface area contributed by atoms with Crippen LogP contribution >= 0.6 is 0 Å². The molecule has 3 rings (SSSR count). The summed E-state index contributed by atoms with van der Waals surface area (Å²) in [5, 5.41) is 23.9. The van der Waals surface area contributed by atoms with Gasteiger partial charge in [-0.05, 0) is 24.6 Å².